The number of hydrogen-bond donors (Lipinski definition) is 0. The van der Waals surface area contributed by atoms with Crippen molar-refractivity contribution in [2.24, 2.45) is 0 Å². The summed E-state index contributed by atoms with van der Waals surface area (Å²) in [6.07, 6.45) is 4.19. The van der Waals surface area contributed by atoms with E-state index in [-0.39, 0.29) is 0 Å². The van der Waals surface area contributed by atoms with E-state index < -0.39 is 0 Å². The van der Waals surface area contributed by atoms with Gasteiger partial charge in [0.1, 0.15) is 9.88 Å². The molecule has 1 atom stereocenters. The molecule has 106 valence electrons. The molecular weight excluding hydrogens is 302 g/mol. The zero-order chi connectivity index (χ0) is 14.1. The monoisotopic (exact) mass is 315 g/mol. The van der Waals surface area contributed by atoms with Gasteiger partial charge in [0.2, 0.25) is 0 Å². The van der Waals surface area contributed by atoms with Crippen molar-refractivity contribution in [3.8, 4) is 21.3 Å². The van der Waals surface area contributed by atoms with Gasteiger partial charge in [0.15, 0.2) is 5.82 Å². The minimum Gasteiger partial charge on any atom is -0.333 e. The van der Waals surface area contributed by atoms with Crippen molar-refractivity contribution in [3.05, 3.63) is 42.4 Å². The number of thioether (sulfide) groups is 1. The molecule has 4 rings (SSSR count). The van der Waals surface area contributed by atoms with Gasteiger partial charge in [-0.1, -0.05) is 35.5 Å². The van der Waals surface area contributed by atoms with Crippen LogP contribution in [0.4, 0.5) is 0 Å². The van der Waals surface area contributed by atoms with Gasteiger partial charge in [0, 0.05) is 5.56 Å². The van der Waals surface area contributed by atoms with E-state index in [4.69, 9.17) is 4.52 Å². The van der Waals surface area contributed by atoms with Gasteiger partial charge >= 0.3 is 0 Å². The van der Waals surface area contributed by atoms with Crippen molar-refractivity contribution in [2.75, 3.05) is 5.75 Å². The molecule has 0 spiro atoms. The molecule has 4 nitrogen and oxygen atoms in total. The zero-order valence-corrected chi connectivity index (χ0v) is 12.9. The largest absolute Gasteiger partial charge is 0.333 e. The minimum atomic E-state index is 0.393. The van der Waals surface area contributed by atoms with E-state index in [1.165, 1.54) is 12.2 Å². The molecule has 0 radical (unpaired) electrons. The molecule has 6 heteroatoms. The highest BCUT2D eigenvalue weighted by atomic mass is 32.2. The molecule has 0 saturated carbocycles. The Morgan fingerprint density at radius 3 is 2.90 bits per heavy atom. The number of thiazole rings is 1. The van der Waals surface area contributed by atoms with Gasteiger partial charge in [-0.3, -0.25) is 0 Å². The summed E-state index contributed by atoms with van der Waals surface area (Å²) in [7, 11) is 0. The highest BCUT2D eigenvalue weighted by molar-refractivity contribution is 7.99. The number of hydrogen-bond acceptors (Lipinski definition) is 6. The molecule has 1 fully saturated rings. The third-order valence-corrected chi connectivity index (χ3v) is 5.80. The fourth-order valence-corrected chi connectivity index (χ4v) is 4.37. The number of rotatable bonds is 3. The lowest BCUT2D eigenvalue weighted by Gasteiger charge is -1.98. The van der Waals surface area contributed by atoms with Gasteiger partial charge < -0.3 is 4.52 Å². The molecule has 2 aromatic heterocycles. The Hall–Kier alpha value is -1.66. The number of aromatic nitrogens is 3. The average Bonchev–Trinajstić information content (AvgIpc) is 3.27. The Kier molecular flexibility index (Phi) is 3.48. The SMILES string of the molecule is c1ccc(-c2ncc(-c3nc(C4CCCS4)no3)s2)cc1. The number of nitrogens with zero attached hydrogens (tertiary/aromatic N) is 3. The van der Waals surface area contributed by atoms with Gasteiger partial charge in [-0.05, 0) is 18.6 Å². The molecule has 0 aliphatic carbocycles. The van der Waals surface area contributed by atoms with Crippen LogP contribution in [-0.2, 0) is 0 Å². The topological polar surface area (TPSA) is 51.8 Å². The van der Waals surface area contributed by atoms with Gasteiger partial charge in [0.25, 0.3) is 5.89 Å². The van der Waals surface area contributed by atoms with Gasteiger partial charge in [-0.25, -0.2) is 4.98 Å². The maximum Gasteiger partial charge on any atom is 0.269 e. The first kappa shape index (κ1) is 13.0. The third kappa shape index (κ3) is 2.61. The van der Waals surface area contributed by atoms with E-state index in [9.17, 15) is 0 Å². The standard InChI is InChI=1S/C15H13N3OS2/c1-2-5-10(6-3-1)15-16-9-12(21-15)14-17-13(18-19-14)11-7-4-8-20-11/h1-3,5-6,9,11H,4,7-8H2. The highest BCUT2D eigenvalue weighted by Gasteiger charge is 2.23. The summed E-state index contributed by atoms with van der Waals surface area (Å²) in [6.45, 7) is 0. The Labute approximate surface area is 130 Å². The van der Waals surface area contributed by atoms with E-state index in [0.29, 0.717) is 11.1 Å². The van der Waals surface area contributed by atoms with Crippen LogP contribution < -0.4 is 0 Å². The summed E-state index contributed by atoms with van der Waals surface area (Å²) in [4.78, 5) is 9.92. The lowest BCUT2D eigenvalue weighted by Crippen LogP contribution is -1.90. The minimum absolute atomic E-state index is 0.393. The van der Waals surface area contributed by atoms with E-state index in [2.05, 4.69) is 27.3 Å². The maximum atomic E-state index is 5.41. The Balaban J connectivity index is 1.61. The highest BCUT2D eigenvalue weighted by Crippen LogP contribution is 2.39. The quantitative estimate of drug-likeness (QED) is 0.715. The third-order valence-electron chi connectivity index (χ3n) is 3.40. The summed E-state index contributed by atoms with van der Waals surface area (Å²) in [5, 5.41) is 5.49. The van der Waals surface area contributed by atoms with Crippen LogP contribution in [0.15, 0.2) is 41.1 Å². The fourth-order valence-electron chi connectivity index (χ4n) is 2.33. The van der Waals surface area contributed by atoms with Crippen LogP contribution >= 0.6 is 23.1 Å². The first-order chi connectivity index (χ1) is 10.4. The maximum absolute atomic E-state index is 5.41. The summed E-state index contributed by atoms with van der Waals surface area (Å²) < 4.78 is 5.41. The number of benzene rings is 1. The van der Waals surface area contributed by atoms with E-state index >= 15 is 0 Å². The Morgan fingerprint density at radius 1 is 1.19 bits per heavy atom. The molecule has 21 heavy (non-hydrogen) atoms. The van der Waals surface area contributed by atoms with Crippen molar-refractivity contribution in [2.45, 2.75) is 18.1 Å². The lowest BCUT2D eigenvalue weighted by atomic mass is 10.2. The van der Waals surface area contributed by atoms with Crippen molar-refractivity contribution in [3.63, 3.8) is 0 Å². The second-order valence-corrected chi connectivity index (χ2v) is 7.20. The molecule has 1 unspecified atom stereocenters. The first-order valence-corrected chi connectivity index (χ1v) is 8.73. The summed E-state index contributed by atoms with van der Waals surface area (Å²) in [5.74, 6) is 2.59. The van der Waals surface area contributed by atoms with Crippen LogP contribution in [0.3, 0.4) is 0 Å². The van der Waals surface area contributed by atoms with E-state index in [0.717, 1.165) is 27.7 Å². The summed E-state index contributed by atoms with van der Waals surface area (Å²) >= 11 is 3.49. The molecule has 0 amide bonds. The molecule has 3 heterocycles. The second kappa shape index (κ2) is 5.61. The van der Waals surface area contributed by atoms with Crippen molar-refractivity contribution in [1.29, 1.82) is 0 Å². The van der Waals surface area contributed by atoms with Gasteiger partial charge in [0.05, 0.1) is 11.4 Å². The fraction of sp³-hybridized carbons (Fsp3) is 0.267. The zero-order valence-electron chi connectivity index (χ0n) is 11.2. The predicted octanol–water partition coefficient (Wildman–Crippen LogP) is 4.43. The molecule has 1 aromatic carbocycles. The molecule has 0 bridgehead atoms. The van der Waals surface area contributed by atoms with Crippen molar-refractivity contribution < 1.29 is 4.52 Å². The Bertz CT molecular complexity index is 732. The normalized spacial score (nSPS) is 18.2. The van der Waals surface area contributed by atoms with Crippen LogP contribution in [0.25, 0.3) is 21.3 Å². The van der Waals surface area contributed by atoms with Crippen LogP contribution in [0.2, 0.25) is 0 Å². The van der Waals surface area contributed by atoms with Gasteiger partial charge in [-0.2, -0.15) is 16.7 Å². The summed E-state index contributed by atoms with van der Waals surface area (Å²) in [5.41, 5.74) is 1.11. The molecule has 3 aromatic rings. The molecule has 1 saturated heterocycles. The second-order valence-electron chi connectivity index (χ2n) is 4.86. The van der Waals surface area contributed by atoms with Gasteiger partial charge in [-0.15, -0.1) is 11.3 Å². The average molecular weight is 315 g/mol. The van der Waals surface area contributed by atoms with Crippen molar-refractivity contribution in [1.82, 2.24) is 15.1 Å². The van der Waals surface area contributed by atoms with E-state index in [1.807, 2.05) is 36.2 Å². The van der Waals surface area contributed by atoms with Crippen molar-refractivity contribution >= 4 is 23.1 Å². The molecule has 1 aliphatic rings. The van der Waals surface area contributed by atoms with Crippen LogP contribution in [0.1, 0.15) is 23.9 Å². The molecule has 0 N–H and O–H groups in total. The van der Waals surface area contributed by atoms with Crippen LogP contribution in [0.5, 0.6) is 0 Å². The lowest BCUT2D eigenvalue weighted by molar-refractivity contribution is 0.422. The van der Waals surface area contributed by atoms with E-state index in [1.54, 1.807) is 11.3 Å². The molecule has 1 aliphatic heterocycles. The predicted molar refractivity (Wildman–Crippen MR) is 85.3 cm³/mol. The molecular formula is C15H13N3OS2. The van der Waals surface area contributed by atoms with Crippen LogP contribution in [-0.4, -0.2) is 20.9 Å². The first-order valence-electron chi connectivity index (χ1n) is 6.87. The van der Waals surface area contributed by atoms with Crippen LogP contribution in [0, 0.1) is 0 Å². The Morgan fingerprint density at radius 2 is 2.10 bits per heavy atom. The summed E-state index contributed by atoms with van der Waals surface area (Å²) in [6, 6.07) is 10.1. The smallest absolute Gasteiger partial charge is 0.269 e.